The zero-order valence-corrected chi connectivity index (χ0v) is 22.8. The molecule has 4 aromatic rings. The highest BCUT2D eigenvalue weighted by Gasteiger charge is 2.24. The maximum atomic E-state index is 13.3. The molecule has 6 nitrogen and oxygen atoms in total. The Bertz CT molecular complexity index is 1410. The number of halogens is 2. The Kier molecular flexibility index (Phi) is 9.32. The highest BCUT2D eigenvalue weighted by molar-refractivity contribution is 6.38. The first kappa shape index (κ1) is 27.6. The Labute approximate surface area is 231 Å². The number of nitrogens with one attached hydrogen (secondary N) is 1. The normalized spacial score (nSPS) is 10.9. The lowest BCUT2D eigenvalue weighted by atomic mass is 10.1. The third-order valence-electron chi connectivity index (χ3n) is 6.15. The average Bonchev–Trinajstić information content (AvgIpc) is 3.29. The van der Waals surface area contributed by atoms with Crippen molar-refractivity contribution in [3.05, 3.63) is 87.6 Å². The van der Waals surface area contributed by atoms with Crippen molar-refractivity contribution in [3.8, 4) is 11.5 Å². The minimum Gasteiger partial charge on any atom is -0.497 e. The number of carbonyl (C=O) groups excluding carboxylic acids is 2. The number of unbranched alkanes of at least 4 members (excludes halogenated alkanes) is 4. The van der Waals surface area contributed by atoms with Crippen LogP contribution >= 0.6 is 23.2 Å². The summed E-state index contributed by atoms with van der Waals surface area (Å²) < 4.78 is 16.9. The predicted molar refractivity (Wildman–Crippen MR) is 151 cm³/mol. The lowest BCUT2D eigenvalue weighted by molar-refractivity contribution is 0.101. The second-order valence-corrected chi connectivity index (χ2v) is 9.66. The van der Waals surface area contributed by atoms with Gasteiger partial charge in [0.15, 0.2) is 11.5 Å². The number of ketones is 1. The van der Waals surface area contributed by atoms with Gasteiger partial charge in [0.25, 0.3) is 5.91 Å². The van der Waals surface area contributed by atoms with Crippen molar-refractivity contribution in [2.75, 3.05) is 19.0 Å². The SMILES string of the molecule is CCCCCCCOc1c(Cl)cc(C(=O)Nc2c(C(=O)c3ccc(OC)cc3)oc3ccccc23)cc1Cl. The van der Waals surface area contributed by atoms with E-state index in [2.05, 4.69) is 12.2 Å². The van der Waals surface area contributed by atoms with Gasteiger partial charge in [-0.05, 0) is 55.0 Å². The lowest BCUT2D eigenvalue weighted by Gasteiger charge is -2.12. The molecule has 0 saturated carbocycles. The molecule has 0 saturated heterocycles. The van der Waals surface area contributed by atoms with E-state index in [1.54, 1.807) is 55.6 Å². The van der Waals surface area contributed by atoms with Gasteiger partial charge < -0.3 is 19.2 Å². The number of benzene rings is 3. The number of para-hydroxylation sites is 1. The molecular weight excluding hydrogens is 525 g/mol. The highest BCUT2D eigenvalue weighted by Crippen LogP contribution is 2.36. The van der Waals surface area contributed by atoms with E-state index in [0.29, 0.717) is 34.6 Å². The fourth-order valence-electron chi connectivity index (χ4n) is 4.10. The van der Waals surface area contributed by atoms with Crippen LogP contribution in [0.25, 0.3) is 11.0 Å². The van der Waals surface area contributed by atoms with Gasteiger partial charge in [0.2, 0.25) is 5.78 Å². The predicted octanol–water partition coefficient (Wildman–Crippen LogP) is 8.58. The smallest absolute Gasteiger partial charge is 0.255 e. The van der Waals surface area contributed by atoms with Crippen molar-refractivity contribution in [1.29, 1.82) is 0 Å². The molecule has 0 aliphatic rings. The lowest BCUT2D eigenvalue weighted by Crippen LogP contribution is -2.14. The minimum absolute atomic E-state index is 0.0185. The summed E-state index contributed by atoms with van der Waals surface area (Å²) in [6.07, 6.45) is 5.50. The number of methoxy groups -OCH3 is 1. The standard InChI is InChI=1S/C30H29Cl2NO5/c1-3-4-5-6-9-16-37-28-23(31)17-20(18-24(28)32)30(35)33-26-22-10-7-8-11-25(22)38-29(26)27(34)19-12-14-21(36-2)15-13-19/h7-8,10-15,17-18H,3-6,9,16H2,1-2H3,(H,33,35). The molecule has 1 amide bonds. The molecule has 0 unspecified atom stereocenters. The van der Waals surface area contributed by atoms with Gasteiger partial charge in [0, 0.05) is 16.5 Å². The van der Waals surface area contributed by atoms with E-state index in [0.717, 1.165) is 19.3 Å². The number of carbonyl (C=O) groups is 2. The van der Waals surface area contributed by atoms with Crippen LogP contribution in [0.4, 0.5) is 5.69 Å². The van der Waals surface area contributed by atoms with Crippen molar-refractivity contribution in [2.24, 2.45) is 0 Å². The summed E-state index contributed by atoms with van der Waals surface area (Å²) in [5.41, 5.74) is 1.36. The van der Waals surface area contributed by atoms with Gasteiger partial charge in [-0.25, -0.2) is 0 Å². The summed E-state index contributed by atoms with van der Waals surface area (Å²) in [7, 11) is 1.55. The molecule has 1 N–H and O–H groups in total. The summed E-state index contributed by atoms with van der Waals surface area (Å²) in [5.74, 6) is 0.125. The Morgan fingerprint density at radius 3 is 2.26 bits per heavy atom. The van der Waals surface area contributed by atoms with Crippen LogP contribution in [0, 0.1) is 0 Å². The Balaban J connectivity index is 1.56. The van der Waals surface area contributed by atoms with Crippen molar-refractivity contribution in [3.63, 3.8) is 0 Å². The number of fused-ring (bicyclic) bond motifs is 1. The van der Waals surface area contributed by atoms with Crippen LogP contribution in [-0.2, 0) is 0 Å². The highest BCUT2D eigenvalue weighted by atomic mass is 35.5. The maximum Gasteiger partial charge on any atom is 0.255 e. The number of ether oxygens (including phenoxy) is 2. The molecule has 0 aliphatic carbocycles. The maximum absolute atomic E-state index is 13.3. The van der Waals surface area contributed by atoms with Crippen molar-refractivity contribution in [1.82, 2.24) is 0 Å². The molecule has 0 bridgehead atoms. The first-order chi connectivity index (χ1) is 18.4. The van der Waals surface area contributed by atoms with Crippen LogP contribution in [0.1, 0.15) is 65.5 Å². The van der Waals surface area contributed by atoms with Gasteiger partial charge >= 0.3 is 0 Å². The first-order valence-corrected chi connectivity index (χ1v) is 13.3. The Hall–Kier alpha value is -3.48. The number of anilines is 1. The Morgan fingerprint density at radius 2 is 1.58 bits per heavy atom. The van der Waals surface area contributed by atoms with E-state index in [-0.39, 0.29) is 32.8 Å². The molecule has 1 aromatic heterocycles. The largest absolute Gasteiger partial charge is 0.497 e. The van der Waals surface area contributed by atoms with E-state index in [9.17, 15) is 9.59 Å². The quantitative estimate of drug-likeness (QED) is 0.140. The van der Waals surface area contributed by atoms with E-state index in [1.807, 2.05) is 0 Å². The molecule has 0 atom stereocenters. The van der Waals surface area contributed by atoms with Crippen LogP contribution in [0.3, 0.4) is 0 Å². The third kappa shape index (κ3) is 6.32. The minimum atomic E-state index is -0.491. The molecule has 4 rings (SSSR count). The summed E-state index contributed by atoms with van der Waals surface area (Å²) >= 11 is 12.9. The first-order valence-electron chi connectivity index (χ1n) is 12.6. The van der Waals surface area contributed by atoms with Crippen LogP contribution < -0.4 is 14.8 Å². The zero-order valence-electron chi connectivity index (χ0n) is 21.3. The molecule has 0 fully saturated rings. The second kappa shape index (κ2) is 12.9. The van der Waals surface area contributed by atoms with E-state index < -0.39 is 5.91 Å². The van der Waals surface area contributed by atoms with Crippen LogP contribution in [0.2, 0.25) is 10.0 Å². The Morgan fingerprint density at radius 1 is 0.895 bits per heavy atom. The number of furan rings is 1. The van der Waals surface area contributed by atoms with Crippen LogP contribution in [0.15, 0.2) is 65.1 Å². The topological polar surface area (TPSA) is 77.8 Å². The van der Waals surface area contributed by atoms with Gasteiger partial charge in [-0.1, -0.05) is 67.9 Å². The molecular formula is C30H29Cl2NO5. The van der Waals surface area contributed by atoms with E-state index in [4.69, 9.17) is 37.1 Å². The molecule has 0 spiro atoms. The van der Waals surface area contributed by atoms with Crippen molar-refractivity contribution >= 4 is 51.5 Å². The molecule has 8 heteroatoms. The summed E-state index contributed by atoms with van der Waals surface area (Å²) in [4.78, 5) is 26.6. The van der Waals surface area contributed by atoms with Gasteiger partial charge in [-0.3, -0.25) is 9.59 Å². The summed E-state index contributed by atoms with van der Waals surface area (Å²) in [5, 5.41) is 3.91. The number of rotatable bonds is 12. The summed E-state index contributed by atoms with van der Waals surface area (Å²) in [6.45, 7) is 2.66. The fraction of sp³-hybridized carbons (Fsp3) is 0.267. The van der Waals surface area contributed by atoms with Crippen molar-refractivity contribution in [2.45, 2.75) is 39.0 Å². The van der Waals surface area contributed by atoms with E-state index in [1.165, 1.54) is 25.0 Å². The average molecular weight is 554 g/mol. The molecule has 38 heavy (non-hydrogen) atoms. The van der Waals surface area contributed by atoms with Crippen LogP contribution in [-0.4, -0.2) is 25.4 Å². The number of hydrogen-bond acceptors (Lipinski definition) is 5. The van der Waals surface area contributed by atoms with Gasteiger partial charge in [0.1, 0.15) is 11.3 Å². The number of hydrogen-bond donors (Lipinski definition) is 1. The third-order valence-corrected chi connectivity index (χ3v) is 6.71. The van der Waals surface area contributed by atoms with Crippen LogP contribution in [0.5, 0.6) is 11.5 Å². The molecule has 3 aromatic carbocycles. The fourth-order valence-corrected chi connectivity index (χ4v) is 4.69. The van der Waals surface area contributed by atoms with Gasteiger partial charge in [0.05, 0.1) is 29.4 Å². The second-order valence-electron chi connectivity index (χ2n) is 8.85. The molecule has 1 heterocycles. The van der Waals surface area contributed by atoms with E-state index >= 15 is 0 Å². The van der Waals surface area contributed by atoms with Gasteiger partial charge in [-0.15, -0.1) is 0 Å². The van der Waals surface area contributed by atoms with Crippen molar-refractivity contribution < 1.29 is 23.5 Å². The molecule has 198 valence electrons. The number of amides is 1. The van der Waals surface area contributed by atoms with Gasteiger partial charge in [-0.2, -0.15) is 0 Å². The zero-order chi connectivity index (χ0) is 27.1. The molecule has 0 aliphatic heterocycles. The molecule has 0 radical (unpaired) electrons. The monoisotopic (exact) mass is 553 g/mol. The summed E-state index contributed by atoms with van der Waals surface area (Å²) in [6, 6.07) is 16.8.